The summed E-state index contributed by atoms with van der Waals surface area (Å²) < 4.78 is 41.4. The molecular formula is C18H21ClFN5O4S2. The maximum atomic E-state index is 13.3. The lowest BCUT2D eigenvalue weighted by atomic mass is 10.1. The maximum Gasteiger partial charge on any atom is 0.280 e. The largest absolute Gasteiger partial charge is 0.349 e. The number of halogens is 2. The zero-order chi connectivity index (χ0) is 22.8. The van der Waals surface area contributed by atoms with Crippen LogP contribution in [0.2, 0.25) is 5.02 Å². The summed E-state index contributed by atoms with van der Waals surface area (Å²) in [6, 6.07) is 1.30. The van der Waals surface area contributed by atoms with Gasteiger partial charge in [0.2, 0.25) is 11.8 Å². The highest BCUT2D eigenvalue weighted by molar-refractivity contribution is 7.87. The number of benzene rings is 1. The minimum Gasteiger partial charge on any atom is -0.349 e. The van der Waals surface area contributed by atoms with Crippen LogP contribution in [0, 0.1) is 5.82 Å². The number of rotatable bonds is 6. The summed E-state index contributed by atoms with van der Waals surface area (Å²) in [5.41, 5.74) is 0.880. The SMILES string of the molecule is CCc1nc(CNC(=O)C2CC(C(=O)Nc3ccc(F)c(Cl)c3)N(C)S(=O)(=O)N2)cs1. The molecule has 168 valence electrons. The Morgan fingerprint density at radius 2 is 2.13 bits per heavy atom. The predicted molar refractivity (Wildman–Crippen MR) is 115 cm³/mol. The van der Waals surface area contributed by atoms with Crippen LogP contribution < -0.4 is 15.4 Å². The van der Waals surface area contributed by atoms with E-state index in [1.165, 1.54) is 30.5 Å². The summed E-state index contributed by atoms with van der Waals surface area (Å²) >= 11 is 7.20. The van der Waals surface area contributed by atoms with E-state index in [2.05, 4.69) is 20.3 Å². The van der Waals surface area contributed by atoms with Gasteiger partial charge in [0.25, 0.3) is 10.2 Å². The van der Waals surface area contributed by atoms with Crippen molar-refractivity contribution in [1.82, 2.24) is 19.3 Å². The average molecular weight is 490 g/mol. The highest BCUT2D eigenvalue weighted by Gasteiger charge is 2.42. The van der Waals surface area contributed by atoms with E-state index in [0.717, 1.165) is 21.8 Å². The monoisotopic (exact) mass is 489 g/mol. The van der Waals surface area contributed by atoms with Crippen molar-refractivity contribution in [2.24, 2.45) is 0 Å². The molecule has 1 saturated heterocycles. The fourth-order valence-corrected chi connectivity index (χ4v) is 5.15. The molecule has 1 aromatic carbocycles. The number of aryl methyl sites for hydroxylation is 1. The molecule has 1 fully saturated rings. The summed E-state index contributed by atoms with van der Waals surface area (Å²) in [7, 11) is -2.84. The molecule has 1 aliphatic rings. The molecule has 0 bridgehead atoms. The van der Waals surface area contributed by atoms with Crippen molar-refractivity contribution >= 4 is 50.6 Å². The summed E-state index contributed by atoms with van der Waals surface area (Å²) in [6.07, 6.45) is 0.684. The van der Waals surface area contributed by atoms with Crippen molar-refractivity contribution in [2.45, 2.75) is 38.4 Å². The van der Waals surface area contributed by atoms with E-state index in [0.29, 0.717) is 5.69 Å². The van der Waals surface area contributed by atoms with E-state index in [4.69, 9.17) is 11.6 Å². The van der Waals surface area contributed by atoms with Gasteiger partial charge in [0, 0.05) is 18.1 Å². The molecule has 2 heterocycles. The number of hydrogen-bond donors (Lipinski definition) is 3. The first-order chi connectivity index (χ1) is 14.6. The van der Waals surface area contributed by atoms with Gasteiger partial charge in [-0.15, -0.1) is 11.3 Å². The highest BCUT2D eigenvalue weighted by Crippen LogP contribution is 2.22. The first-order valence-corrected chi connectivity index (χ1v) is 12.0. The van der Waals surface area contributed by atoms with Crippen LogP contribution in [0.5, 0.6) is 0 Å². The van der Waals surface area contributed by atoms with E-state index in [1.54, 1.807) is 0 Å². The van der Waals surface area contributed by atoms with Crippen LogP contribution in [-0.4, -0.2) is 48.7 Å². The van der Waals surface area contributed by atoms with E-state index in [9.17, 15) is 22.4 Å². The lowest BCUT2D eigenvalue weighted by Crippen LogP contribution is -2.62. The number of carbonyl (C=O) groups excluding carboxylic acids is 2. The molecule has 2 amide bonds. The Labute approximate surface area is 188 Å². The number of carbonyl (C=O) groups is 2. The molecule has 0 saturated carbocycles. The molecule has 9 nitrogen and oxygen atoms in total. The third-order valence-corrected chi connectivity index (χ3v) is 7.65. The number of nitrogens with zero attached hydrogens (tertiary/aromatic N) is 2. The Kier molecular flexibility index (Phi) is 7.27. The third kappa shape index (κ3) is 5.57. The fourth-order valence-electron chi connectivity index (χ4n) is 2.98. The van der Waals surface area contributed by atoms with Crippen LogP contribution in [0.3, 0.4) is 0 Å². The van der Waals surface area contributed by atoms with Gasteiger partial charge in [-0.2, -0.15) is 17.4 Å². The summed E-state index contributed by atoms with van der Waals surface area (Å²) in [5.74, 6) is -1.88. The first-order valence-electron chi connectivity index (χ1n) is 9.33. The molecule has 1 aliphatic heterocycles. The minimum absolute atomic E-state index is 0.0976. The maximum absolute atomic E-state index is 13.3. The minimum atomic E-state index is -4.08. The van der Waals surface area contributed by atoms with Crippen molar-refractivity contribution in [2.75, 3.05) is 12.4 Å². The molecule has 0 spiro atoms. The topological polar surface area (TPSA) is 120 Å². The van der Waals surface area contributed by atoms with Gasteiger partial charge in [-0.3, -0.25) is 9.59 Å². The number of likely N-dealkylation sites (N-methyl/N-ethyl adjacent to an activating group) is 1. The van der Waals surface area contributed by atoms with E-state index < -0.39 is 39.9 Å². The molecule has 3 N–H and O–H groups in total. The fraction of sp³-hybridized carbons (Fsp3) is 0.389. The van der Waals surface area contributed by atoms with Gasteiger partial charge < -0.3 is 10.6 Å². The summed E-state index contributed by atoms with van der Waals surface area (Å²) in [5, 5.41) is 7.73. The smallest absolute Gasteiger partial charge is 0.280 e. The van der Waals surface area contributed by atoms with E-state index in [-0.39, 0.29) is 23.7 Å². The zero-order valence-corrected chi connectivity index (χ0v) is 19.1. The van der Waals surface area contributed by atoms with Gasteiger partial charge in [-0.05, 0) is 31.0 Å². The predicted octanol–water partition coefficient (Wildman–Crippen LogP) is 1.66. The van der Waals surface area contributed by atoms with Gasteiger partial charge in [0.15, 0.2) is 0 Å². The second-order valence-corrected chi connectivity index (χ2v) is 9.98. The van der Waals surface area contributed by atoms with Crippen molar-refractivity contribution in [3.05, 3.63) is 45.1 Å². The standard InChI is InChI=1S/C18H21ClFN5O4S2/c1-3-16-22-11(9-30-16)8-21-17(26)14-7-15(25(2)31(28,29)24-14)18(27)23-10-4-5-13(20)12(19)6-10/h4-6,9,14-15,24H,3,7-8H2,1-2H3,(H,21,26)(H,23,27). The number of hydrogen-bond acceptors (Lipinski definition) is 6. The Hall–Kier alpha value is -2.12. The summed E-state index contributed by atoms with van der Waals surface area (Å²) in [4.78, 5) is 29.6. The van der Waals surface area contributed by atoms with Crippen LogP contribution in [0.4, 0.5) is 10.1 Å². The molecule has 2 atom stereocenters. The number of amides is 2. The number of anilines is 1. The van der Waals surface area contributed by atoms with Crippen molar-refractivity contribution < 1.29 is 22.4 Å². The second kappa shape index (κ2) is 9.57. The number of aromatic nitrogens is 1. The molecule has 2 unspecified atom stereocenters. The quantitative estimate of drug-likeness (QED) is 0.570. The molecule has 0 radical (unpaired) electrons. The Morgan fingerprint density at radius 1 is 1.39 bits per heavy atom. The third-order valence-electron chi connectivity index (χ3n) is 4.72. The van der Waals surface area contributed by atoms with Crippen LogP contribution in [0.1, 0.15) is 24.0 Å². The summed E-state index contributed by atoms with van der Waals surface area (Å²) in [6.45, 7) is 2.12. The van der Waals surface area contributed by atoms with Gasteiger partial charge in [-0.1, -0.05) is 18.5 Å². The lowest BCUT2D eigenvalue weighted by Gasteiger charge is -2.35. The van der Waals surface area contributed by atoms with Crippen molar-refractivity contribution in [3.8, 4) is 0 Å². The normalized spacial score (nSPS) is 20.9. The first kappa shape index (κ1) is 23.5. The van der Waals surface area contributed by atoms with Crippen molar-refractivity contribution in [1.29, 1.82) is 0 Å². The van der Waals surface area contributed by atoms with Gasteiger partial charge >= 0.3 is 0 Å². The number of thiazole rings is 1. The number of nitrogens with one attached hydrogen (secondary N) is 3. The molecule has 13 heteroatoms. The second-order valence-electron chi connectivity index (χ2n) is 6.87. The highest BCUT2D eigenvalue weighted by atomic mass is 35.5. The van der Waals surface area contributed by atoms with E-state index in [1.807, 2.05) is 12.3 Å². The Balaban J connectivity index is 1.69. The van der Waals surface area contributed by atoms with Gasteiger partial charge in [0.1, 0.15) is 17.9 Å². The molecule has 0 aliphatic carbocycles. The molecule has 31 heavy (non-hydrogen) atoms. The van der Waals surface area contributed by atoms with Crippen LogP contribution >= 0.6 is 22.9 Å². The van der Waals surface area contributed by atoms with Crippen LogP contribution in [-0.2, 0) is 32.8 Å². The van der Waals surface area contributed by atoms with Crippen LogP contribution in [0.25, 0.3) is 0 Å². The molecule has 1 aromatic heterocycles. The zero-order valence-electron chi connectivity index (χ0n) is 16.7. The molecule has 2 aromatic rings. The molecule has 3 rings (SSSR count). The van der Waals surface area contributed by atoms with Crippen molar-refractivity contribution in [3.63, 3.8) is 0 Å². The average Bonchev–Trinajstić information content (AvgIpc) is 3.18. The Bertz CT molecular complexity index is 1090. The van der Waals surface area contributed by atoms with Crippen LogP contribution in [0.15, 0.2) is 23.6 Å². The van der Waals surface area contributed by atoms with E-state index >= 15 is 0 Å². The Morgan fingerprint density at radius 3 is 2.77 bits per heavy atom. The lowest BCUT2D eigenvalue weighted by molar-refractivity contribution is -0.124. The van der Waals surface area contributed by atoms with Gasteiger partial charge in [0.05, 0.1) is 22.3 Å². The molecular weight excluding hydrogens is 469 g/mol. The van der Waals surface area contributed by atoms with Gasteiger partial charge in [-0.25, -0.2) is 9.37 Å².